The molecule has 0 aliphatic carbocycles. The Morgan fingerprint density at radius 1 is 1.38 bits per heavy atom. The molecule has 0 spiro atoms. The topological polar surface area (TPSA) is 27.7 Å². The summed E-state index contributed by atoms with van der Waals surface area (Å²) in [6, 6.07) is 0. The summed E-state index contributed by atoms with van der Waals surface area (Å²) in [5.41, 5.74) is 0. The lowest BCUT2D eigenvalue weighted by Crippen LogP contribution is -2.27. The molecule has 0 amide bonds. The van der Waals surface area contributed by atoms with Crippen molar-refractivity contribution in [2.24, 2.45) is 0 Å². The SMILES string of the molecule is SCC1OCOCO1. The molecule has 0 atom stereocenters. The van der Waals surface area contributed by atoms with Crippen LogP contribution in [0.5, 0.6) is 0 Å². The van der Waals surface area contributed by atoms with Crippen LogP contribution in [0.4, 0.5) is 0 Å². The Bertz CT molecular complexity index is 62.3. The van der Waals surface area contributed by atoms with Crippen LogP contribution in [0, 0.1) is 0 Å². The van der Waals surface area contributed by atoms with Crippen molar-refractivity contribution in [3.8, 4) is 0 Å². The molecule has 1 aliphatic heterocycles. The Morgan fingerprint density at radius 2 is 2.00 bits per heavy atom. The largest absolute Gasteiger partial charge is 0.329 e. The van der Waals surface area contributed by atoms with Crippen molar-refractivity contribution < 1.29 is 14.2 Å². The Hall–Kier alpha value is 0.230. The Morgan fingerprint density at radius 3 is 2.38 bits per heavy atom. The normalized spacial score (nSPS) is 23.6. The van der Waals surface area contributed by atoms with Crippen LogP contribution >= 0.6 is 12.6 Å². The molecule has 1 saturated heterocycles. The van der Waals surface area contributed by atoms with Gasteiger partial charge < -0.3 is 14.2 Å². The fraction of sp³-hybridized carbons (Fsp3) is 1.00. The molecule has 1 aliphatic rings. The number of rotatable bonds is 1. The van der Waals surface area contributed by atoms with Crippen molar-refractivity contribution in [3.63, 3.8) is 0 Å². The Kier molecular flexibility index (Phi) is 2.62. The van der Waals surface area contributed by atoms with Crippen LogP contribution in [-0.4, -0.2) is 25.6 Å². The van der Waals surface area contributed by atoms with Gasteiger partial charge in [0.05, 0.1) is 0 Å². The van der Waals surface area contributed by atoms with Gasteiger partial charge in [0.25, 0.3) is 0 Å². The van der Waals surface area contributed by atoms with E-state index in [-0.39, 0.29) is 6.29 Å². The molecule has 0 N–H and O–H groups in total. The zero-order chi connectivity index (χ0) is 5.82. The lowest BCUT2D eigenvalue weighted by molar-refractivity contribution is -0.289. The van der Waals surface area contributed by atoms with Gasteiger partial charge in [0.2, 0.25) is 0 Å². The van der Waals surface area contributed by atoms with E-state index < -0.39 is 0 Å². The van der Waals surface area contributed by atoms with Gasteiger partial charge in [0.1, 0.15) is 0 Å². The third kappa shape index (κ3) is 1.63. The first kappa shape index (κ1) is 6.35. The van der Waals surface area contributed by atoms with Gasteiger partial charge in [0, 0.05) is 5.75 Å². The lowest BCUT2D eigenvalue weighted by Gasteiger charge is -2.20. The molecule has 4 heteroatoms. The first-order chi connectivity index (χ1) is 3.93. The molecule has 0 bridgehead atoms. The summed E-state index contributed by atoms with van der Waals surface area (Å²) >= 11 is 3.96. The second-order valence-electron chi connectivity index (χ2n) is 1.39. The molecular formula is C4H8O3S. The highest BCUT2D eigenvalue weighted by molar-refractivity contribution is 7.80. The maximum absolute atomic E-state index is 4.91. The average molecular weight is 136 g/mol. The van der Waals surface area contributed by atoms with E-state index in [9.17, 15) is 0 Å². The molecule has 0 aromatic carbocycles. The zero-order valence-corrected chi connectivity index (χ0v) is 5.27. The maximum atomic E-state index is 4.91. The van der Waals surface area contributed by atoms with Gasteiger partial charge in [-0.25, -0.2) is 0 Å². The number of hydrogen-bond acceptors (Lipinski definition) is 4. The number of hydrogen-bond donors (Lipinski definition) is 1. The monoisotopic (exact) mass is 136 g/mol. The molecule has 3 nitrogen and oxygen atoms in total. The van der Waals surface area contributed by atoms with Crippen molar-refractivity contribution in [2.75, 3.05) is 19.3 Å². The highest BCUT2D eigenvalue weighted by atomic mass is 32.1. The van der Waals surface area contributed by atoms with Gasteiger partial charge in [0.15, 0.2) is 19.9 Å². The smallest absolute Gasteiger partial charge is 0.172 e. The van der Waals surface area contributed by atoms with E-state index in [1.807, 2.05) is 0 Å². The molecule has 48 valence electrons. The average Bonchev–Trinajstić information content (AvgIpc) is 1.90. The van der Waals surface area contributed by atoms with Crippen molar-refractivity contribution in [3.05, 3.63) is 0 Å². The van der Waals surface area contributed by atoms with E-state index in [0.29, 0.717) is 19.3 Å². The zero-order valence-electron chi connectivity index (χ0n) is 4.37. The van der Waals surface area contributed by atoms with Crippen molar-refractivity contribution in [2.45, 2.75) is 6.29 Å². The second kappa shape index (κ2) is 3.29. The van der Waals surface area contributed by atoms with Crippen LogP contribution in [0.3, 0.4) is 0 Å². The minimum absolute atomic E-state index is 0.174. The maximum Gasteiger partial charge on any atom is 0.172 e. The van der Waals surface area contributed by atoms with Gasteiger partial charge in [-0.2, -0.15) is 12.6 Å². The molecule has 1 heterocycles. The van der Waals surface area contributed by atoms with Crippen molar-refractivity contribution in [1.29, 1.82) is 0 Å². The van der Waals surface area contributed by atoms with E-state index in [1.165, 1.54) is 0 Å². The van der Waals surface area contributed by atoms with Crippen LogP contribution in [0.15, 0.2) is 0 Å². The molecule has 0 radical (unpaired) electrons. The summed E-state index contributed by atoms with van der Waals surface area (Å²) in [5.74, 6) is 0.587. The highest BCUT2D eigenvalue weighted by Crippen LogP contribution is 2.02. The molecule has 1 fully saturated rings. The van der Waals surface area contributed by atoms with Gasteiger partial charge in [-0.05, 0) is 0 Å². The summed E-state index contributed by atoms with van der Waals surface area (Å²) in [6.45, 7) is 0.649. The van der Waals surface area contributed by atoms with Gasteiger partial charge in [-0.15, -0.1) is 0 Å². The number of ether oxygens (including phenoxy) is 3. The first-order valence-electron chi connectivity index (χ1n) is 2.35. The predicted octanol–water partition coefficient (Wildman–Crippen LogP) is 0.221. The molecule has 0 aromatic heterocycles. The summed E-state index contributed by atoms with van der Waals surface area (Å²) < 4.78 is 14.5. The molecule has 8 heavy (non-hydrogen) atoms. The van der Waals surface area contributed by atoms with Crippen LogP contribution in [0.1, 0.15) is 0 Å². The van der Waals surface area contributed by atoms with E-state index in [4.69, 9.17) is 14.2 Å². The molecule has 0 saturated carbocycles. The summed E-state index contributed by atoms with van der Waals surface area (Å²) in [7, 11) is 0. The lowest BCUT2D eigenvalue weighted by atomic mass is 10.7. The minimum Gasteiger partial charge on any atom is -0.329 e. The van der Waals surface area contributed by atoms with E-state index in [1.54, 1.807) is 0 Å². The molecule has 0 aromatic rings. The van der Waals surface area contributed by atoms with Crippen molar-refractivity contribution >= 4 is 12.6 Å². The highest BCUT2D eigenvalue weighted by Gasteiger charge is 2.10. The van der Waals surface area contributed by atoms with Crippen molar-refractivity contribution in [1.82, 2.24) is 0 Å². The molecule has 1 rings (SSSR count). The first-order valence-corrected chi connectivity index (χ1v) is 2.98. The van der Waals surface area contributed by atoms with Gasteiger partial charge >= 0.3 is 0 Å². The minimum atomic E-state index is -0.174. The third-order valence-corrected chi connectivity index (χ3v) is 1.12. The third-order valence-electron chi connectivity index (χ3n) is 0.824. The van der Waals surface area contributed by atoms with E-state index >= 15 is 0 Å². The Labute approximate surface area is 53.3 Å². The standard InChI is InChI=1S/C4H8O3S/c8-1-4-6-2-5-3-7-4/h4,8H,1-3H2. The van der Waals surface area contributed by atoms with Crippen LogP contribution in [-0.2, 0) is 14.2 Å². The van der Waals surface area contributed by atoms with Crippen LogP contribution < -0.4 is 0 Å². The Balaban J connectivity index is 2.13. The second-order valence-corrected chi connectivity index (χ2v) is 1.75. The summed E-state index contributed by atoms with van der Waals surface area (Å²) in [6.07, 6.45) is -0.174. The number of thiol groups is 1. The van der Waals surface area contributed by atoms with Gasteiger partial charge in [-0.3, -0.25) is 0 Å². The molecular weight excluding hydrogens is 128 g/mol. The van der Waals surface area contributed by atoms with Gasteiger partial charge in [-0.1, -0.05) is 0 Å². The van der Waals surface area contributed by atoms with E-state index in [2.05, 4.69) is 12.6 Å². The van der Waals surface area contributed by atoms with E-state index in [0.717, 1.165) is 0 Å². The van der Waals surface area contributed by atoms with Crippen LogP contribution in [0.2, 0.25) is 0 Å². The molecule has 0 unspecified atom stereocenters. The quantitative estimate of drug-likeness (QED) is 0.522. The predicted molar refractivity (Wildman–Crippen MR) is 30.6 cm³/mol. The van der Waals surface area contributed by atoms with Crippen LogP contribution in [0.25, 0.3) is 0 Å². The fourth-order valence-corrected chi connectivity index (χ4v) is 0.646. The summed E-state index contributed by atoms with van der Waals surface area (Å²) in [4.78, 5) is 0. The summed E-state index contributed by atoms with van der Waals surface area (Å²) in [5, 5.41) is 0. The fourth-order valence-electron chi connectivity index (χ4n) is 0.436.